The first-order valence-electron chi connectivity index (χ1n) is 9.23. The van der Waals surface area contributed by atoms with Gasteiger partial charge in [0, 0.05) is 11.1 Å². The lowest BCUT2D eigenvalue weighted by atomic mass is 9.86. The number of hydrogen-bond donors (Lipinski definition) is 1. The van der Waals surface area contributed by atoms with Crippen LogP contribution in [-0.2, 0) is 9.63 Å². The summed E-state index contributed by atoms with van der Waals surface area (Å²) in [7, 11) is 0. The lowest BCUT2D eigenvalue weighted by Gasteiger charge is -2.41. The largest absolute Gasteiger partial charge is 0.350 e. The Labute approximate surface area is 147 Å². The van der Waals surface area contributed by atoms with E-state index in [0.717, 1.165) is 44.9 Å². The minimum atomic E-state index is -0.787. The number of nitrogens with zero attached hydrogens (tertiary/aromatic N) is 2. The Morgan fingerprint density at radius 2 is 1.79 bits per heavy atom. The number of nitrogens with one attached hydrogen (secondary N) is 1. The zero-order valence-electron chi connectivity index (χ0n) is 16.4. The molecule has 0 aromatic heterocycles. The first kappa shape index (κ1) is 20.9. The van der Waals surface area contributed by atoms with Crippen LogP contribution in [-0.4, -0.2) is 34.2 Å². The van der Waals surface area contributed by atoms with Crippen LogP contribution < -0.4 is 5.32 Å². The molecule has 1 fully saturated rings. The molecule has 24 heavy (non-hydrogen) atoms. The molecule has 0 heterocycles. The summed E-state index contributed by atoms with van der Waals surface area (Å²) in [5.41, 5.74) is -1.37. The summed E-state index contributed by atoms with van der Waals surface area (Å²) in [5, 5.41) is 14.4. The summed E-state index contributed by atoms with van der Waals surface area (Å²) in [4.78, 5) is 18.7. The third kappa shape index (κ3) is 6.41. The van der Waals surface area contributed by atoms with Gasteiger partial charge in [0.25, 0.3) is 0 Å². The second kappa shape index (κ2) is 8.31. The van der Waals surface area contributed by atoms with Crippen molar-refractivity contribution in [2.45, 2.75) is 103 Å². The van der Waals surface area contributed by atoms with E-state index in [-0.39, 0.29) is 23.5 Å². The van der Waals surface area contributed by atoms with Gasteiger partial charge in [-0.1, -0.05) is 19.8 Å². The van der Waals surface area contributed by atoms with Crippen molar-refractivity contribution in [2.24, 2.45) is 0 Å². The fraction of sp³-hybridized carbons (Fsp3) is 0.895. The molecule has 1 aliphatic carbocycles. The topological polar surface area (TPSA) is 65.4 Å². The Kier molecular flexibility index (Phi) is 7.25. The average molecular weight is 338 g/mol. The van der Waals surface area contributed by atoms with Crippen LogP contribution >= 0.6 is 0 Å². The summed E-state index contributed by atoms with van der Waals surface area (Å²) in [6.45, 7) is 12.3. The first-order chi connectivity index (χ1) is 11.0. The second-order valence-electron chi connectivity index (χ2n) is 8.65. The summed E-state index contributed by atoms with van der Waals surface area (Å²) in [6.07, 6.45) is 6.57. The van der Waals surface area contributed by atoms with Crippen molar-refractivity contribution < 1.29 is 9.63 Å². The normalized spacial score (nSPS) is 18.2. The van der Waals surface area contributed by atoms with Gasteiger partial charge in [-0.15, -0.1) is 0 Å². The van der Waals surface area contributed by atoms with Crippen LogP contribution in [0.25, 0.3) is 0 Å². The van der Waals surface area contributed by atoms with Gasteiger partial charge in [0.05, 0.1) is 6.07 Å². The van der Waals surface area contributed by atoms with Gasteiger partial charge in [0.2, 0.25) is 5.91 Å². The van der Waals surface area contributed by atoms with E-state index >= 15 is 0 Å². The van der Waals surface area contributed by atoms with E-state index in [9.17, 15) is 10.1 Å². The van der Waals surface area contributed by atoms with Crippen LogP contribution in [0.2, 0.25) is 0 Å². The highest BCUT2D eigenvalue weighted by Gasteiger charge is 2.39. The van der Waals surface area contributed by atoms with Gasteiger partial charge in [0.15, 0.2) is 5.60 Å². The lowest BCUT2D eigenvalue weighted by Crippen LogP contribution is -2.54. The Balaban J connectivity index is 2.80. The molecule has 1 aliphatic rings. The van der Waals surface area contributed by atoms with Crippen LogP contribution in [0.15, 0.2) is 0 Å². The van der Waals surface area contributed by atoms with Crippen LogP contribution in [0.3, 0.4) is 0 Å². The molecule has 0 unspecified atom stereocenters. The zero-order chi connectivity index (χ0) is 18.4. The van der Waals surface area contributed by atoms with Crippen molar-refractivity contribution in [3.05, 3.63) is 0 Å². The highest BCUT2D eigenvalue weighted by Crippen LogP contribution is 2.33. The van der Waals surface area contributed by atoms with Crippen LogP contribution in [0.4, 0.5) is 0 Å². The molecule has 0 atom stereocenters. The molecule has 0 bridgehead atoms. The zero-order valence-corrected chi connectivity index (χ0v) is 16.4. The molecule has 1 amide bonds. The van der Waals surface area contributed by atoms with Crippen LogP contribution in [0, 0.1) is 11.3 Å². The number of hydroxylamine groups is 2. The standard InChI is InChI=1S/C19H35N3O2/c1-7-11-18(5,6)21-16(23)14-22(17(2,3)4)24-19(15-20)12-9-8-10-13-19/h7-14H2,1-6H3,(H,21,23). The molecule has 1 saturated carbocycles. The third-order valence-corrected chi connectivity index (χ3v) is 4.54. The van der Waals surface area contributed by atoms with Crippen molar-refractivity contribution >= 4 is 5.91 Å². The van der Waals surface area contributed by atoms with Gasteiger partial charge < -0.3 is 5.32 Å². The number of nitriles is 1. The van der Waals surface area contributed by atoms with Crippen molar-refractivity contribution in [2.75, 3.05) is 6.54 Å². The van der Waals surface area contributed by atoms with Gasteiger partial charge in [-0.3, -0.25) is 9.63 Å². The molecule has 0 aliphatic heterocycles. The maximum Gasteiger partial charge on any atom is 0.237 e. The van der Waals surface area contributed by atoms with E-state index < -0.39 is 5.60 Å². The van der Waals surface area contributed by atoms with Crippen LogP contribution in [0.1, 0.15) is 86.5 Å². The number of carbonyl (C=O) groups is 1. The Hall–Kier alpha value is -1.12. The highest BCUT2D eigenvalue weighted by atomic mass is 16.7. The number of hydrogen-bond acceptors (Lipinski definition) is 4. The fourth-order valence-electron chi connectivity index (χ4n) is 3.20. The van der Waals surface area contributed by atoms with Crippen molar-refractivity contribution in [1.82, 2.24) is 10.4 Å². The van der Waals surface area contributed by atoms with Crippen molar-refractivity contribution in [3.63, 3.8) is 0 Å². The fourth-order valence-corrected chi connectivity index (χ4v) is 3.20. The SMILES string of the molecule is CCCC(C)(C)NC(=O)CN(OC1(C#N)CCCCC1)C(C)(C)C. The smallest absolute Gasteiger partial charge is 0.237 e. The van der Waals surface area contributed by atoms with E-state index in [1.807, 2.05) is 34.6 Å². The van der Waals surface area contributed by atoms with E-state index in [4.69, 9.17) is 4.84 Å². The molecule has 0 spiro atoms. The molecule has 5 heteroatoms. The Morgan fingerprint density at radius 3 is 2.25 bits per heavy atom. The van der Waals surface area contributed by atoms with Crippen molar-refractivity contribution in [1.29, 1.82) is 5.26 Å². The number of amides is 1. The predicted molar refractivity (Wildman–Crippen MR) is 96.1 cm³/mol. The summed E-state index contributed by atoms with van der Waals surface area (Å²) in [5.74, 6) is -0.0627. The van der Waals surface area contributed by atoms with Gasteiger partial charge in [-0.05, 0) is 66.7 Å². The summed E-state index contributed by atoms with van der Waals surface area (Å²) >= 11 is 0. The molecular weight excluding hydrogens is 302 g/mol. The predicted octanol–water partition coefficient (Wildman–Crippen LogP) is 3.94. The Morgan fingerprint density at radius 1 is 1.21 bits per heavy atom. The summed E-state index contributed by atoms with van der Waals surface area (Å²) < 4.78 is 0. The quantitative estimate of drug-likeness (QED) is 0.715. The third-order valence-electron chi connectivity index (χ3n) is 4.54. The molecule has 0 aromatic rings. The lowest BCUT2D eigenvalue weighted by molar-refractivity contribution is -0.269. The Bertz CT molecular complexity index is 454. The van der Waals surface area contributed by atoms with Gasteiger partial charge >= 0.3 is 0 Å². The molecular formula is C19H35N3O2. The number of rotatable bonds is 7. The van der Waals surface area contributed by atoms with Gasteiger partial charge in [0.1, 0.15) is 6.54 Å². The maximum absolute atomic E-state index is 12.5. The minimum Gasteiger partial charge on any atom is -0.350 e. The van der Waals surface area contributed by atoms with E-state index in [1.165, 1.54) is 0 Å². The van der Waals surface area contributed by atoms with E-state index in [0.29, 0.717) is 0 Å². The molecule has 1 N–H and O–H groups in total. The molecule has 5 nitrogen and oxygen atoms in total. The minimum absolute atomic E-state index is 0.0627. The first-order valence-corrected chi connectivity index (χ1v) is 9.23. The average Bonchev–Trinajstić information content (AvgIpc) is 2.45. The molecule has 1 rings (SSSR count). The molecule has 138 valence electrons. The van der Waals surface area contributed by atoms with Gasteiger partial charge in [-0.2, -0.15) is 10.3 Å². The number of carbonyl (C=O) groups excluding carboxylic acids is 1. The molecule has 0 saturated heterocycles. The van der Waals surface area contributed by atoms with E-state index in [2.05, 4.69) is 18.3 Å². The molecule has 0 radical (unpaired) electrons. The van der Waals surface area contributed by atoms with Gasteiger partial charge in [-0.25, -0.2) is 0 Å². The highest BCUT2D eigenvalue weighted by molar-refractivity contribution is 5.78. The maximum atomic E-state index is 12.5. The monoisotopic (exact) mass is 337 g/mol. The second-order valence-corrected chi connectivity index (χ2v) is 8.65. The van der Waals surface area contributed by atoms with E-state index in [1.54, 1.807) is 5.06 Å². The van der Waals surface area contributed by atoms with Crippen molar-refractivity contribution in [3.8, 4) is 6.07 Å². The molecule has 0 aromatic carbocycles. The summed E-state index contributed by atoms with van der Waals surface area (Å²) in [6, 6.07) is 2.37. The van der Waals surface area contributed by atoms with Crippen LogP contribution in [0.5, 0.6) is 0 Å².